The first kappa shape index (κ1) is 21.5. The first-order valence-electron chi connectivity index (χ1n) is 9.17. The van der Waals surface area contributed by atoms with Gasteiger partial charge in [-0.1, -0.05) is 29.4 Å². The van der Waals surface area contributed by atoms with Gasteiger partial charge in [0.25, 0.3) is 5.91 Å². The molecule has 3 rings (SSSR count). The molecule has 2 aromatic carbocycles. The Balaban J connectivity index is 1.73. The van der Waals surface area contributed by atoms with Crippen molar-refractivity contribution < 1.29 is 22.5 Å². The summed E-state index contributed by atoms with van der Waals surface area (Å²) < 4.78 is 36.1. The molecule has 0 saturated heterocycles. The van der Waals surface area contributed by atoms with Crippen LogP contribution in [0.3, 0.4) is 0 Å². The number of para-hydroxylation sites is 1. The fourth-order valence-corrected chi connectivity index (χ4v) is 3.75. The maximum atomic E-state index is 12.6. The summed E-state index contributed by atoms with van der Waals surface area (Å²) in [6.45, 7) is 1.80. The first-order valence-corrected chi connectivity index (χ1v) is 10.6. The lowest BCUT2D eigenvalue weighted by molar-refractivity contribution is 0.0931. The van der Waals surface area contributed by atoms with Crippen LogP contribution in [0.5, 0.6) is 5.75 Å². The lowest BCUT2D eigenvalue weighted by Gasteiger charge is -2.15. The molecule has 3 aromatic rings. The van der Waals surface area contributed by atoms with Crippen LogP contribution in [0.2, 0.25) is 0 Å². The average Bonchev–Trinajstić information content (AvgIpc) is 3.24. The number of hydrogen-bond acceptors (Lipinski definition) is 6. The molecule has 1 heterocycles. The number of carbonyl (C=O) groups is 1. The minimum absolute atomic E-state index is 0.134. The third-order valence-electron chi connectivity index (χ3n) is 4.62. The highest BCUT2D eigenvalue weighted by atomic mass is 32.2. The summed E-state index contributed by atoms with van der Waals surface area (Å²) in [6, 6.07) is 14.8. The number of aromatic nitrogens is 1. The maximum Gasteiger partial charge on any atom is 0.273 e. The van der Waals surface area contributed by atoms with E-state index in [4.69, 9.17) is 9.26 Å². The monoisotopic (exact) mass is 429 g/mol. The topological polar surface area (TPSA) is 102 Å². The van der Waals surface area contributed by atoms with Gasteiger partial charge in [-0.05, 0) is 36.8 Å². The number of benzene rings is 2. The van der Waals surface area contributed by atoms with E-state index in [-0.39, 0.29) is 16.6 Å². The fourth-order valence-electron chi connectivity index (χ4n) is 2.85. The second-order valence-corrected chi connectivity index (χ2v) is 8.98. The van der Waals surface area contributed by atoms with Crippen molar-refractivity contribution in [1.29, 1.82) is 0 Å². The molecule has 0 aliphatic heterocycles. The molecule has 0 radical (unpaired) electrons. The van der Waals surface area contributed by atoms with Crippen LogP contribution < -0.4 is 10.1 Å². The van der Waals surface area contributed by atoms with E-state index in [0.29, 0.717) is 17.1 Å². The minimum Gasteiger partial charge on any atom is -0.496 e. The summed E-state index contributed by atoms with van der Waals surface area (Å²) in [4.78, 5) is 12.8. The Bertz CT molecular complexity index is 1140. The van der Waals surface area contributed by atoms with Gasteiger partial charge in [-0.15, -0.1) is 0 Å². The van der Waals surface area contributed by atoms with Crippen molar-refractivity contribution in [3.63, 3.8) is 0 Å². The molecule has 9 heteroatoms. The molecule has 30 heavy (non-hydrogen) atoms. The van der Waals surface area contributed by atoms with E-state index in [2.05, 4.69) is 10.5 Å². The van der Waals surface area contributed by atoms with E-state index in [9.17, 15) is 13.2 Å². The average molecular weight is 429 g/mol. The van der Waals surface area contributed by atoms with Crippen LogP contribution >= 0.6 is 0 Å². The molecule has 1 N–H and O–H groups in total. The Morgan fingerprint density at radius 3 is 2.43 bits per heavy atom. The number of nitrogens with one attached hydrogen (secondary N) is 1. The van der Waals surface area contributed by atoms with E-state index in [0.717, 1.165) is 9.87 Å². The molecular weight excluding hydrogens is 406 g/mol. The van der Waals surface area contributed by atoms with Gasteiger partial charge in [0, 0.05) is 20.2 Å². The van der Waals surface area contributed by atoms with Crippen LogP contribution in [-0.4, -0.2) is 45.0 Å². The summed E-state index contributed by atoms with van der Waals surface area (Å²) in [5, 5.41) is 6.69. The van der Waals surface area contributed by atoms with Crippen molar-refractivity contribution in [2.45, 2.75) is 17.9 Å². The molecule has 158 valence electrons. The van der Waals surface area contributed by atoms with Gasteiger partial charge >= 0.3 is 0 Å². The molecule has 1 atom stereocenters. The van der Waals surface area contributed by atoms with Crippen molar-refractivity contribution in [2.24, 2.45) is 0 Å². The van der Waals surface area contributed by atoms with Gasteiger partial charge in [-0.25, -0.2) is 12.7 Å². The van der Waals surface area contributed by atoms with E-state index in [1.165, 1.54) is 26.2 Å². The van der Waals surface area contributed by atoms with Crippen LogP contribution in [0.4, 0.5) is 0 Å². The lowest BCUT2D eigenvalue weighted by atomic mass is 10.1. The van der Waals surface area contributed by atoms with Gasteiger partial charge < -0.3 is 14.6 Å². The van der Waals surface area contributed by atoms with Crippen LogP contribution in [-0.2, 0) is 10.0 Å². The summed E-state index contributed by atoms with van der Waals surface area (Å²) in [5.74, 6) is 0.627. The molecule has 0 aliphatic carbocycles. The number of rotatable bonds is 7. The van der Waals surface area contributed by atoms with Crippen LogP contribution in [0, 0.1) is 0 Å². The molecule has 0 unspecified atom stereocenters. The van der Waals surface area contributed by atoms with Gasteiger partial charge in [0.05, 0.1) is 23.6 Å². The highest BCUT2D eigenvalue weighted by Gasteiger charge is 2.20. The van der Waals surface area contributed by atoms with E-state index in [1.807, 2.05) is 18.2 Å². The molecule has 8 nitrogen and oxygen atoms in total. The Morgan fingerprint density at radius 2 is 1.80 bits per heavy atom. The Kier molecular flexibility index (Phi) is 6.23. The Labute approximate surface area is 175 Å². The molecule has 0 spiro atoms. The largest absolute Gasteiger partial charge is 0.496 e. The number of amides is 1. The number of hydrogen-bond donors (Lipinski definition) is 1. The van der Waals surface area contributed by atoms with Gasteiger partial charge in [0.1, 0.15) is 5.75 Å². The summed E-state index contributed by atoms with van der Waals surface area (Å²) >= 11 is 0. The van der Waals surface area contributed by atoms with Gasteiger partial charge in [-0.2, -0.15) is 0 Å². The molecule has 0 bridgehead atoms. The number of nitrogens with zero attached hydrogens (tertiary/aromatic N) is 2. The fraction of sp³-hybridized carbons (Fsp3) is 0.238. The summed E-state index contributed by atoms with van der Waals surface area (Å²) in [5.41, 5.74) is 1.58. The quantitative estimate of drug-likeness (QED) is 0.619. The predicted molar refractivity (Wildman–Crippen MR) is 112 cm³/mol. The highest BCUT2D eigenvalue weighted by Crippen LogP contribution is 2.30. The predicted octanol–water partition coefficient (Wildman–Crippen LogP) is 3.09. The smallest absolute Gasteiger partial charge is 0.273 e. The standard InChI is InChI=1S/C21H23N3O5S/c1-14(15-9-11-16(12-10-15)30(26,27)24(2)3)22-21(25)18-13-20(29-23-18)17-7-5-6-8-19(17)28-4/h5-14H,1-4H3,(H,22,25)/t14-/m1/s1. The molecule has 1 amide bonds. The first-order chi connectivity index (χ1) is 14.2. The number of carbonyl (C=O) groups excluding carboxylic acids is 1. The second-order valence-electron chi connectivity index (χ2n) is 6.83. The molecular formula is C21H23N3O5S. The second kappa shape index (κ2) is 8.68. The van der Waals surface area contributed by atoms with Crippen LogP contribution in [0.1, 0.15) is 29.0 Å². The lowest BCUT2D eigenvalue weighted by Crippen LogP contribution is -2.27. The van der Waals surface area contributed by atoms with Crippen LogP contribution in [0.15, 0.2) is 64.0 Å². The SMILES string of the molecule is COc1ccccc1-c1cc(C(=O)N[C@H](C)c2ccc(S(=O)(=O)N(C)C)cc2)no1. The third kappa shape index (κ3) is 4.37. The molecule has 0 fully saturated rings. The maximum absolute atomic E-state index is 12.6. The molecule has 0 aliphatic rings. The van der Waals surface area contributed by atoms with Crippen molar-refractivity contribution >= 4 is 15.9 Å². The normalized spacial score (nSPS) is 12.6. The van der Waals surface area contributed by atoms with Gasteiger partial charge in [0.2, 0.25) is 10.0 Å². The zero-order valence-corrected chi connectivity index (χ0v) is 17.9. The number of ether oxygens (including phenoxy) is 1. The zero-order valence-electron chi connectivity index (χ0n) is 17.1. The number of methoxy groups -OCH3 is 1. The van der Waals surface area contributed by atoms with Crippen molar-refractivity contribution in [1.82, 2.24) is 14.8 Å². The van der Waals surface area contributed by atoms with E-state index >= 15 is 0 Å². The van der Waals surface area contributed by atoms with E-state index in [1.54, 1.807) is 38.3 Å². The highest BCUT2D eigenvalue weighted by molar-refractivity contribution is 7.89. The van der Waals surface area contributed by atoms with E-state index < -0.39 is 15.9 Å². The van der Waals surface area contributed by atoms with Crippen molar-refractivity contribution in [3.05, 3.63) is 65.9 Å². The summed E-state index contributed by atoms with van der Waals surface area (Å²) in [6.07, 6.45) is 0. The van der Waals surface area contributed by atoms with Gasteiger partial charge in [0.15, 0.2) is 11.5 Å². The zero-order chi connectivity index (χ0) is 21.9. The van der Waals surface area contributed by atoms with Crippen molar-refractivity contribution in [3.8, 4) is 17.1 Å². The summed E-state index contributed by atoms with van der Waals surface area (Å²) in [7, 11) is 1.00. The van der Waals surface area contributed by atoms with Crippen molar-refractivity contribution in [2.75, 3.05) is 21.2 Å². The molecule has 0 saturated carbocycles. The van der Waals surface area contributed by atoms with Crippen LogP contribution in [0.25, 0.3) is 11.3 Å². The third-order valence-corrected chi connectivity index (χ3v) is 6.45. The Hall–Kier alpha value is -3.17. The number of sulfonamides is 1. The minimum atomic E-state index is -3.50. The van der Waals surface area contributed by atoms with Gasteiger partial charge in [-0.3, -0.25) is 4.79 Å². The Morgan fingerprint density at radius 1 is 1.13 bits per heavy atom. The molecule has 1 aromatic heterocycles.